The lowest BCUT2D eigenvalue weighted by atomic mass is 10.0. The minimum Gasteiger partial charge on any atom is -0.367 e. The van der Waals surface area contributed by atoms with Gasteiger partial charge in [-0.15, -0.1) is 0 Å². The minimum atomic E-state index is 0.476. The second kappa shape index (κ2) is 7.28. The van der Waals surface area contributed by atoms with Crippen LogP contribution in [0.1, 0.15) is 12.8 Å². The van der Waals surface area contributed by atoms with Gasteiger partial charge in [0, 0.05) is 38.5 Å². The van der Waals surface area contributed by atoms with E-state index in [2.05, 4.69) is 30.5 Å². The molecule has 3 heterocycles. The van der Waals surface area contributed by atoms with Crippen molar-refractivity contribution in [1.29, 1.82) is 5.41 Å². The quantitative estimate of drug-likeness (QED) is 0.298. The number of rotatable bonds is 6. The number of H-pyrrole nitrogens is 1. The van der Waals surface area contributed by atoms with Gasteiger partial charge in [0.1, 0.15) is 17.8 Å². The van der Waals surface area contributed by atoms with Crippen LogP contribution in [0.5, 0.6) is 0 Å². The number of nitrogens with one attached hydrogen (secondary N) is 4. The van der Waals surface area contributed by atoms with E-state index in [1.165, 1.54) is 12.8 Å². The Labute approximate surface area is 151 Å². The van der Waals surface area contributed by atoms with Crippen LogP contribution in [0.15, 0.2) is 18.6 Å². The molecule has 0 amide bonds. The molecule has 2 aliphatic rings. The van der Waals surface area contributed by atoms with Gasteiger partial charge < -0.3 is 10.3 Å². The highest BCUT2D eigenvalue weighted by molar-refractivity contribution is 8.11. The summed E-state index contributed by atoms with van der Waals surface area (Å²) in [7, 11) is 0. The molecule has 6 N–H and O–H groups in total. The number of anilines is 1. The van der Waals surface area contributed by atoms with Crippen LogP contribution in [-0.2, 0) is 0 Å². The minimum absolute atomic E-state index is 0.476. The van der Waals surface area contributed by atoms with Crippen LogP contribution in [0.25, 0.3) is 11.0 Å². The van der Waals surface area contributed by atoms with E-state index in [1.54, 1.807) is 6.33 Å². The molecule has 3 atom stereocenters. The smallest absolute Gasteiger partial charge is 0.142 e. The molecular formula is C16H24N8S. The molecule has 25 heavy (non-hydrogen) atoms. The van der Waals surface area contributed by atoms with Gasteiger partial charge in [-0.2, -0.15) is 0 Å². The van der Waals surface area contributed by atoms with E-state index in [-0.39, 0.29) is 0 Å². The number of hydrogen-bond acceptors (Lipinski definition) is 8. The van der Waals surface area contributed by atoms with Gasteiger partial charge in [0.25, 0.3) is 0 Å². The molecule has 4 rings (SSSR count). The number of aromatic amines is 1. The predicted octanol–water partition coefficient (Wildman–Crippen LogP) is 1.21. The topological polar surface area (TPSA) is 119 Å². The number of hydrogen-bond donors (Lipinski definition) is 5. The summed E-state index contributed by atoms with van der Waals surface area (Å²) < 4.78 is 0. The highest BCUT2D eigenvalue weighted by Crippen LogP contribution is 2.39. The van der Waals surface area contributed by atoms with Crippen molar-refractivity contribution in [2.45, 2.75) is 18.9 Å². The first-order chi connectivity index (χ1) is 12.2. The maximum absolute atomic E-state index is 7.55. The Balaban J connectivity index is 1.28. The molecule has 2 aromatic heterocycles. The summed E-state index contributed by atoms with van der Waals surface area (Å²) in [6.07, 6.45) is 5.89. The summed E-state index contributed by atoms with van der Waals surface area (Å²) in [5.41, 5.74) is 0.883. The van der Waals surface area contributed by atoms with E-state index in [9.17, 15) is 0 Å². The fraction of sp³-hybridized carbons (Fsp3) is 0.562. The third-order valence-electron chi connectivity index (χ3n) is 5.28. The van der Waals surface area contributed by atoms with Gasteiger partial charge in [-0.25, -0.2) is 9.97 Å². The van der Waals surface area contributed by atoms with Gasteiger partial charge >= 0.3 is 0 Å². The van der Waals surface area contributed by atoms with Crippen LogP contribution in [0, 0.1) is 17.2 Å². The summed E-state index contributed by atoms with van der Waals surface area (Å²) >= 11 is 1.01. The summed E-state index contributed by atoms with van der Waals surface area (Å²) in [6.45, 7) is 3.64. The molecule has 1 aliphatic carbocycles. The van der Waals surface area contributed by atoms with Crippen molar-refractivity contribution in [3.63, 3.8) is 0 Å². The van der Waals surface area contributed by atoms with E-state index in [4.69, 9.17) is 10.5 Å². The fourth-order valence-corrected chi connectivity index (χ4v) is 4.38. The lowest BCUT2D eigenvalue weighted by molar-refractivity contribution is 0.290. The van der Waals surface area contributed by atoms with Crippen LogP contribution in [0.2, 0.25) is 0 Å². The van der Waals surface area contributed by atoms with Gasteiger partial charge in [0.2, 0.25) is 0 Å². The molecule has 2 fully saturated rings. The highest BCUT2D eigenvalue weighted by Gasteiger charge is 2.40. The first-order valence-electron chi connectivity index (χ1n) is 8.64. The molecule has 0 spiro atoms. The Hall–Kier alpha value is -1.68. The van der Waals surface area contributed by atoms with E-state index < -0.39 is 0 Å². The summed E-state index contributed by atoms with van der Waals surface area (Å²) in [5, 5.41) is 21.4. The van der Waals surface area contributed by atoms with Gasteiger partial charge in [-0.1, -0.05) is 0 Å². The molecule has 9 heteroatoms. The molecule has 2 aromatic rings. The van der Waals surface area contributed by atoms with Crippen LogP contribution >= 0.6 is 11.9 Å². The van der Waals surface area contributed by atoms with Crippen molar-refractivity contribution in [3.8, 4) is 0 Å². The molecule has 1 saturated carbocycles. The van der Waals surface area contributed by atoms with E-state index in [0.29, 0.717) is 17.6 Å². The molecule has 0 aromatic carbocycles. The van der Waals surface area contributed by atoms with Crippen LogP contribution in [-0.4, -0.2) is 57.2 Å². The van der Waals surface area contributed by atoms with Crippen molar-refractivity contribution in [2.24, 2.45) is 17.0 Å². The summed E-state index contributed by atoms with van der Waals surface area (Å²) in [6, 6.07) is 2.51. The van der Waals surface area contributed by atoms with Gasteiger partial charge in [-0.3, -0.25) is 20.8 Å². The van der Waals surface area contributed by atoms with E-state index in [1.807, 2.05) is 12.3 Å². The van der Waals surface area contributed by atoms with Gasteiger partial charge in [0.05, 0.1) is 10.4 Å². The maximum Gasteiger partial charge on any atom is 0.142 e. The van der Waals surface area contributed by atoms with Crippen LogP contribution in [0.4, 0.5) is 5.82 Å². The largest absolute Gasteiger partial charge is 0.367 e. The first kappa shape index (κ1) is 16.8. The Morgan fingerprint density at radius 2 is 2.16 bits per heavy atom. The maximum atomic E-state index is 7.55. The standard InChI is InChI=1S/C16H24N8S/c17-14(25-18)5-19-9-24-6-10-3-12(4-11(10)7-24)23-16-13-1-2-20-15(13)21-8-22-16/h1-2,8,10-12,17,19H,3-7,9,18H2,(H2,20,21,22,23)/t10-,11+,12?. The van der Waals surface area contributed by atoms with Crippen LogP contribution in [0.3, 0.4) is 0 Å². The SMILES string of the molecule is N=C(CNCN1C[C@H]2CC(Nc3ncnc4[nH]ccc34)C[C@H]2C1)SN. The molecular weight excluding hydrogens is 336 g/mol. The average Bonchev–Trinajstić information content (AvgIpc) is 3.29. The van der Waals surface area contributed by atoms with Gasteiger partial charge in [-0.05, 0) is 42.7 Å². The fourth-order valence-electron chi connectivity index (χ4n) is 4.19. The Kier molecular flexibility index (Phi) is 4.89. The monoisotopic (exact) mass is 360 g/mol. The van der Waals surface area contributed by atoms with Crippen molar-refractivity contribution >= 4 is 33.8 Å². The summed E-state index contributed by atoms with van der Waals surface area (Å²) in [5.74, 6) is 2.42. The number of nitrogens with two attached hydrogens (primary N) is 1. The Morgan fingerprint density at radius 3 is 2.92 bits per heavy atom. The number of fused-ring (bicyclic) bond motifs is 2. The normalized spacial score (nSPS) is 26.2. The lowest BCUT2D eigenvalue weighted by Gasteiger charge is -2.20. The Morgan fingerprint density at radius 1 is 1.36 bits per heavy atom. The summed E-state index contributed by atoms with van der Waals surface area (Å²) in [4.78, 5) is 14.3. The van der Waals surface area contributed by atoms with Crippen molar-refractivity contribution in [3.05, 3.63) is 18.6 Å². The second-order valence-corrected chi connectivity index (χ2v) is 7.69. The zero-order valence-electron chi connectivity index (χ0n) is 14.0. The lowest BCUT2D eigenvalue weighted by Crippen LogP contribution is -2.36. The third kappa shape index (κ3) is 3.64. The first-order valence-corrected chi connectivity index (χ1v) is 9.52. The zero-order chi connectivity index (χ0) is 17.2. The number of nitrogens with zero attached hydrogens (tertiary/aromatic N) is 3. The van der Waals surface area contributed by atoms with E-state index in [0.717, 1.165) is 60.4 Å². The number of aromatic nitrogens is 3. The number of likely N-dealkylation sites (tertiary alicyclic amines) is 1. The van der Waals surface area contributed by atoms with Crippen molar-refractivity contribution < 1.29 is 0 Å². The van der Waals surface area contributed by atoms with Crippen molar-refractivity contribution in [1.82, 2.24) is 25.2 Å². The third-order valence-corrected chi connectivity index (χ3v) is 5.71. The molecule has 1 saturated heterocycles. The molecule has 1 aliphatic heterocycles. The van der Waals surface area contributed by atoms with Crippen LogP contribution < -0.4 is 15.8 Å². The molecule has 134 valence electrons. The molecule has 0 radical (unpaired) electrons. The van der Waals surface area contributed by atoms with E-state index >= 15 is 0 Å². The Bertz CT molecular complexity index is 733. The average molecular weight is 360 g/mol. The second-order valence-electron chi connectivity index (χ2n) is 6.96. The highest BCUT2D eigenvalue weighted by atomic mass is 32.2. The molecule has 0 bridgehead atoms. The van der Waals surface area contributed by atoms with Gasteiger partial charge in [0.15, 0.2) is 0 Å². The van der Waals surface area contributed by atoms with Crippen molar-refractivity contribution in [2.75, 3.05) is 31.6 Å². The predicted molar refractivity (Wildman–Crippen MR) is 101 cm³/mol. The zero-order valence-corrected chi connectivity index (χ0v) is 14.9. The molecule has 8 nitrogen and oxygen atoms in total. The molecule has 1 unspecified atom stereocenters.